The minimum atomic E-state index is -1.30. The third-order valence-corrected chi connectivity index (χ3v) is 7.45. The van der Waals surface area contributed by atoms with Gasteiger partial charge in [0.2, 0.25) is 5.91 Å². The van der Waals surface area contributed by atoms with Crippen molar-refractivity contribution in [1.82, 2.24) is 9.80 Å². The number of hydrogen-bond acceptors (Lipinski definition) is 6. The van der Waals surface area contributed by atoms with Crippen molar-refractivity contribution in [3.8, 4) is 5.75 Å². The number of nitrogens with two attached hydrogens (primary N) is 1. The number of carboxylic acids is 1. The number of ether oxygens (including phenoxy) is 1. The fraction of sp³-hybridized carbons (Fsp3) is 0.444. The highest BCUT2D eigenvalue weighted by Crippen LogP contribution is 2.27. The molecule has 2 amide bonds. The van der Waals surface area contributed by atoms with Crippen LogP contribution in [0.15, 0.2) is 36.4 Å². The van der Waals surface area contributed by atoms with Gasteiger partial charge in [0, 0.05) is 50.3 Å². The highest BCUT2D eigenvalue weighted by Gasteiger charge is 2.37. The minimum Gasteiger partial charge on any atom is -0.478 e. The van der Waals surface area contributed by atoms with E-state index < -0.39 is 40.9 Å². The Morgan fingerprint density at radius 2 is 1.77 bits per heavy atom. The molecule has 2 aromatic carbocycles. The van der Waals surface area contributed by atoms with Gasteiger partial charge in [-0.1, -0.05) is 26.0 Å². The summed E-state index contributed by atoms with van der Waals surface area (Å²) in [4.78, 5) is 40.4. The molecular formula is C27H32F3N3O5S. The molecular weight excluding hydrogens is 535 g/mol. The van der Waals surface area contributed by atoms with Crippen molar-refractivity contribution in [2.24, 2.45) is 11.7 Å². The molecule has 39 heavy (non-hydrogen) atoms. The first-order chi connectivity index (χ1) is 18.4. The number of rotatable bonds is 11. The SMILES string of the molecule is CC(C)C(Oc1ccc(CN(C)C(=O)C2SCCN2C(=O)C[C@H](N)Cc2cc(F)c(F)cc2F)cc1)C(=O)O. The van der Waals surface area contributed by atoms with E-state index >= 15 is 0 Å². The van der Waals surface area contributed by atoms with E-state index in [2.05, 4.69) is 0 Å². The third kappa shape index (κ3) is 7.89. The number of carbonyl (C=O) groups excluding carboxylic acids is 2. The molecule has 8 nitrogen and oxygen atoms in total. The van der Waals surface area contributed by atoms with E-state index in [0.29, 0.717) is 24.1 Å². The second-order valence-corrected chi connectivity index (χ2v) is 11.0. The van der Waals surface area contributed by atoms with Gasteiger partial charge >= 0.3 is 5.97 Å². The lowest BCUT2D eigenvalue weighted by Gasteiger charge is -2.28. The zero-order valence-corrected chi connectivity index (χ0v) is 22.7. The third-order valence-electron chi connectivity index (χ3n) is 6.26. The number of carbonyl (C=O) groups is 3. The van der Waals surface area contributed by atoms with E-state index in [0.717, 1.165) is 11.6 Å². The van der Waals surface area contributed by atoms with E-state index in [9.17, 15) is 32.7 Å². The second-order valence-electron chi connectivity index (χ2n) is 9.80. The Morgan fingerprint density at radius 3 is 2.38 bits per heavy atom. The quantitative estimate of drug-likeness (QED) is 0.400. The number of likely N-dealkylation sites (N-methyl/N-ethyl adjacent to an activating group) is 1. The normalized spacial score (nSPS) is 16.7. The number of thioether (sulfide) groups is 1. The van der Waals surface area contributed by atoms with Crippen LogP contribution in [0.5, 0.6) is 5.75 Å². The summed E-state index contributed by atoms with van der Waals surface area (Å²) in [6, 6.07) is 7.08. The number of amides is 2. The van der Waals surface area contributed by atoms with E-state index in [4.69, 9.17) is 10.5 Å². The van der Waals surface area contributed by atoms with Gasteiger partial charge in [0.15, 0.2) is 23.1 Å². The first-order valence-electron chi connectivity index (χ1n) is 12.4. The summed E-state index contributed by atoms with van der Waals surface area (Å²) in [5.74, 6) is -4.43. The first-order valence-corrected chi connectivity index (χ1v) is 13.5. The standard InChI is InChI=1S/C27H32F3N3O5S/c1-15(2)24(27(36)37)38-19-6-4-16(5-7-19)14-32(3)25(35)26-33(8-9-39-26)23(34)12-18(31)10-17-11-21(29)22(30)13-20(17)28/h4-7,11,13,15,18,24,26H,8-10,12,14,31H2,1-3H3,(H,36,37)/t18-,24?,26?/m1/s1. The van der Waals surface area contributed by atoms with Crippen LogP contribution >= 0.6 is 11.8 Å². The Morgan fingerprint density at radius 1 is 1.13 bits per heavy atom. The van der Waals surface area contributed by atoms with E-state index in [1.807, 2.05) is 0 Å². The van der Waals surface area contributed by atoms with Gasteiger partial charge in [-0.25, -0.2) is 18.0 Å². The van der Waals surface area contributed by atoms with Crippen molar-refractivity contribution in [3.63, 3.8) is 0 Å². The number of aliphatic carboxylic acids is 1. The molecule has 0 bridgehead atoms. The lowest BCUT2D eigenvalue weighted by Crippen LogP contribution is -2.46. The average molecular weight is 568 g/mol. The second kappa shape index (κ2) is 13.2. The van der Waals surface area contributed by atoms with Gasteiger partial charge in [-0.15, -0.1) is 11.8 Å². The number of carboxylic acid groups (broad SMARTS) is 1. The van der Waals surface area contributed by atoms with Gasteiger partial charge in [0.1, 0.15) is 11.6 Å². The summed E-state index contributed by atoms with van der Waals surface area (Å²) in [5, 5.41) is 8.55. The molecule has 0 aromatic heterocycles. The zero-order chi connectivity index (χ0) is 28.9. The molecule has 0 radical (unpaired) electrons. The molecule has 0 spiro atoms. The van der Waals surface area contributed by atoms with Gasteiger partial charge in [0.25, 0.3) is 5.91 Å². The highest BCUT2D eigenvalue weighted by atomic mass is 32.2. The van der Waals surface area contributed by atoms with Gasteiger partial charge in [0.05, 0.1) is 0 Å². The molecule has 212 valence electrons. The number of nitrogens with zero attached hydrogens (tertiary/aromatic N) is 2. The molecule has 3 rings (SSSR count). The van der Waals surface area contributed by atoms with Crippen LogP contribution in [-0.2, 0) is 27.3 Å². The Balaban J connectivity index is 1.57. The molecule has 1 aliphatic heterocycles. The lowest BCUT2D eigenvalue weighted by molar-refractivity contribution is -0.147. The molecule has 1 saturated heterocycles. The Bertz CT molecular complexity index is 1200. The topological polar surface area (TPSA) is 113 Å². The van der Waals surface area contributed by atoms with Crippen LogP contribution in [0.25, 0.3) is 0 Å². The lowest BCUT2D eigenvalue weighted by atomic mass is 10.0. The fourth-order valence-electron chi connectivity index (χ4n) is 4.18. The van der Waals surface area contributed by atoms with Gasteiger partial charge in [-0.05, 0) is 35.7 Å². The molecule has 1 heterocycles. The summed E-state index contributed by atoms with van der Waals surface area (Å²) in [5.41, 5.74) is 6.67. The van der Waals surface area contributed by atoms with Gasteiger partial charge in [-0.2, -0.15) is 0 Å². The number of hydrogen-bond donors (Lipinski definition) is 2. The number of benzene rings is 2. The van der Waals surface area contributed by atoms with Crippen molar-refractivity contribution < 1.29 is 37.4 Å². The number of halogens is 3. The zero-order valence-electron chi connectivity index (χ0n) is 21.9. The van der Waals surface area contributed by atoms with Crippen LogP contribution in [0.3, 0.4) is 0 Å². The van der Waals surface area contributed by atoms with Crippen molar-refractivity contribution >= 4 is 29.5 Å². The van der Waals surface area contributed by atoms with Crippen LogP contribution in [0, 0.1) is 23.4 Å². The van der Waals surface area contributed by atoms with Gasteiger partial charge < -0.3 is 25.4 Å². The van der Waals surface area contributed by atoms with E-state index in [-0.39, 0.29) is 42.7 Å². The fourth-order valence-corrected chi connectivity index (χ4v) is 5.43. The smallest absolute Gasteiger partial charge is 0.345 e. The summed E-state index contributed by atoms with van der Waals surface area (Å²) < 4.78 is 46.2. The van der Waals surface area contributed by atoms with Crippen molar-refractivity contribution in [1.29, 1.82) is 0 Å². The van der Waals surface area contributed by atoms with Crippen LogP contribution < -0.4 is 10.5 Å². The largest absolute Gasteiger partial charge is 0.478 e. The molecule has 2 aromatic rings. The maximum Gasteiger partial charge on any atom is 0.345 e. The monoisotopic (exact) mass is 567 g/mol. The van der Waals surface area contributed by atoms with Crippen molar-refractivity contribution in [2.75, 3.05) is 19.3 Å². The molecule has 0 aliphatic carbocycles. The molecule has 1 fully saturated rings. The predicted octanol–water partition coefficient (Wildman–Crippen LogP) is 3.41. The van der Waals surface area contributed by atoms with Crippen molar-refractivity contribution in [3.05, 3.63) is 65.0 Å². The summed E-state index contributed by atoms with van der Waals surface area (Å²) >= 11 is 1.32. The van der Waals surface area contributed by atoms with Crippen LogP contribution in [0.1, 0.15) is 31.4 Å². The first kappa shape index (κ1) is 30.3. The average Bonchev–Trinajstić information content (AvgIpc) is 3.36. The molecule has 12 heteroatoms. The summed E-state index contributed by atoms with van der Waals surface area (Å²) in [6.07, 6.45) is -1.34. The summed E-state index contributed by atoms with van der Waals surface area (Å²) in [7, 11) is 1.62. The summed E-state index contributed by atoms with van der Waals surface area (Å²) in [6.45, 7) is 4.10. The molecule has 2 unspecified atom stereocenters. The Labute approximate surface area is 229 Å². The molecule has 3 atom stereocenters. The van der Waals surface area contributed by atoms with Crippen LogP contribution in [0.2, 0.25) is 0 Å². The molecule has 0 saturated carbocycles. The molecule has 1 aliphatic rings. The Hall–Kier alpha value is -3.25. The maximum absolute atomic E-state index is 14.0. The molecule has 3 N–H and O–H groups in total. The highest BCUT2D eigenvalue weighted by molar-refractivity contribution is 8.00. The van der Waals surface area contributed by atoms with E-state index in [1.165, 1.54) is 21.6 Å². The van der Waals surface area contributed by atoms with Crippen LogP contribution in [-0.4, -0.2) is 69.6 Å². The maximum atomic E-state index is 14.0. The van der Waals surface area contributed by atoms with Gasteiger partial charge in [-0.3, -0.25) is 9.59 Å². The minimum absolute atomic E-state index is 0.128. The van der Waals surface area contributed by atoms with Crippen molar-refractivity contribution in [2.45, 2.75) is 50.8 Å². The Kier molecular flexibility index (Phi) is 10.3. The van der Waals surface area contributed by atoms with E-state index in [1.54, 1.807) is 45.2 Å². The van der Waals surface area contributed by atoms with Crippen LogP contribution in [0.4, 0.5) is 13.2 Å². The predicted molar refractivity (Wildman–Crippen MR) is 140 cm³/mol.